The molecule has 2 N–H and O–H groups in total. The fraction of sp³-hybridized carbons (Fsp3) is 0.591. The number of nitrogens with one attached hydrogen (secondary N) is 1. The van der Waals surface area contributed by atoms with Crippen molar-refractivity contribution in [3.8, 4) is 5.75 Å². The van der Waals surface area contributed by atoms with E-state index >= 15 is 0 Å². The molecule has 4 rings (SSSR count). The number of hydrogen-bond donors (Lipinski definition) is 2. The van der Waals surface area contributed by atoms with Gasteiger partial charge in [-0.05, 0) is 50.7 Å². The Kier molecular flexibility index (Phi) is 6.50. The number of aromatic nitrogens is 2. The monoisotopic (exact) mass is 434 g/mol. The van der Waals surface area contributed by atoms with Gasteiger partial charge in [0.25, 0.3) is 11.5 Å². The van der Waals surface area contributed by atoms with Crippen LogP contribution in [0.15, 0.2) is 23.1 Å². The van der Waals surface area contributed by atoms with Crippen LogP contribution in [0.2, 0.25) is 0 Å². The Balaban J connectivity index is 1.61. The first-order valence-electron chi connectivity index (χ1n) is 11.0. The van der Waals surface area contributed by atoms with Crippen LogP contribution in [0.1, 0.15) is 48.9 Å². The number of rotatable bonds is 5. The number of likely N-dealkylation sites (tertiary alicyclic amines) is 1. The molecule has 0 radical (unpaired) electrons. The average molecular weight is 434 g/mol. The summed E-state index contributed by atoms with van der Waals surface area (Å²) in [5.74, 6) is -1.04. The molecule has 3 heterocycles. The van der Waals surface area contributed by atoms with Crippen molar-refractivity contribution in [3.05, 3.63) is 34.2 Å². The highest BCUT2D eigenvalue weighted by molar-refractivity contribution is 6.01. The van der Waals surface area contributed by atoms with E-state index in [0.717, 1.165) is 0 Å². The Hall–Kier alpha value is -2.55. The standard InChI is InChI=1S/C22H28F2N4O3/c23-14-3-5-16(6-4-14)26-21(30)18-19(29)17-2-1-9-25-20(17)28(22(18)31)13-12-27-10-7-15(24)8-11-27/h1-2,9,14-16,29H,3-8,10-13H2,(H,26,30). The predicted octanol–water partition coefficient (Wildman–Crippen LogP) is 2.55. The number of carbonyl (C=O) groups excluding carboxylic acids is 1. The smallest absolute Gasteiger partial charge is 0.268 e. The summed E-state index contributed by atoms with van der Waals surface area (Å²) in [6.07, 6.45) is 2.59. The van der Waals surface area contributed by atoms with E-state index in [9.17, 15) is 23.5 Å². The van der Waals surface area contributed by atoms with Gasteiger partial charge >= 0.3 is 0 Å². The predicted molar refractivity (Wildman–Crippen MR) is 113 cm³/mol. The number of amides is 1. The molecule has 2 fully saturated rings. The number of nitrogens with zero attached hydrogens (tertiary/aromatic N) is 3. The quantitative estimate of drug-likeness (QED) is 0.755. The molecule has 2 aromatic heterocycles. The summed E-state index contributed by atoms with van der Waals surface area (Å²) in [5, 5.41) is 13.8. The zero-order chi connectivity index (χ0) is 22.0. The van der Waals surface area contributed by atoms with Crippen LogP contribution in [0.4, 0.5) is 8.78 Å². The van der Waals surface area contributed by atoms with Crippen molar-refractivity contribution in [2.24, 2.45) is 0 Å². The topological polar surface area (TPSA) is 87.5 Å². The second-order valence-corrected chi connectivity index (χ2v) is 8.49. The Morgan fingerprint density at radius 2 is 1.77 bits per heavy atom. The van der Waals surface area contributed by atoms with E-state index in [1.54, 1.807) is 12.1 Å². The molecule has 9 heteroatoms. The molecule has 2 aliphatic rings. The summed E-state index contributed by atoms with van der Waals surface area (Å²) in [7, 11) is 0. The molecule has 168 valence electrons. The van der Waals surface area contributed by atoms with Crippen LogP contribution in [-0.2, 0) is 6.54 Å². The molecule has 0 unspecified atom stereocenters. The molecular weight excluding hydrogens is 406 g/mol. The molecular formula is C22H28F2N4O3. The van der Waals surface area contributed by atoms with E-state index in [-0.39, 0.29) is 23.9 Å². The van der Waals surface area contributed by atoms with Gasteiger partial charge in [-0.15, -0.1) is 0 Å². The highest BCUT2D eigenvalue weighted by Crippen LogP contribution is 2.26. The Morgan fingerprint density at radius 3 is 2.48 bits per heavy atom. The fourth-order valence-corrected chi connectivity index (χ4v) is 4.50. The van der Waals surface area contributed by atoms with E-state index in [1.807, 2.05) is 0 Å². The van der Waals surface area contributed by atoms with E-state index in [2.05, 4.69) is 15.2 Å². The van der Waals surface area contributed by atoms with Crippen LogP contribution in [-0.4, -0.2) is 63.5 Å². The van der Waals surface area contributed by atoms with Gasteiger partial charge in [0.15, 0.2) is 0 Å². The van der Waals surface area contributed by atoms with E-state index in [4.69, 9.17) is 0 Å². The van der Waals surface area contributed by atoms with Gasteiger partial charge in [-0.2, -0.15) is 0 Å². The van der Waals surface area contributed by atoms with Crippen molar-refractivity contribution in [2.45, 2.75) is 63.5 Å². The molecule has 0 aromatic carbocycles. The summed E-state index contributed by atoms with van der Waals surface area (Å²) in [5.41, 5.74) is -0.619. The number of alkyl halides is 2. The van der Waals surface area contributed by atoms with Gasteiger partial charge in [-0.3, -0.25) is 14.2 Å². The Labute approximate surface area is 179 Å². The molecule has 1 saturated heterocycles. The molecule has 0 bridgehead atoms. The molecule has 1 aliphatic carbocycles. The summed E-state index contributed by atoms with van der Waals surface area (Å²) in [6.45, 7) is 2.02. The number of hydrogen-bond acceptors (Lipinski definition) is 5. The van der Waals surface area contributed by atoms with Gasteiger partial charge in [0.1, 0.15) is 29.3 Å². The first kappa shape index (κ1) is 21.7. The number of fused-ring (bicyclic) bond motifs is 1. The number of pyridine rings is 2. The van der Waals surface area contributed by atoms with Gasteiger partial charge in [0, 0.05) is 38.4 Å². The molecule has 0 spiro atoms. The maximum Gasteiger partial charge on any atom is 0.268 e. The number of aromatic hydroxyl groups is 1. The lowest BCUT2D eigenvalue weighted by Gasteiger charge is -2.29. The van der Waals surface area contributed by atoms with Crippen molar-refractivity contribution in [1.29, 1.82) is 0 Å². The highest BCUT2D eigenvalue weighted by Gasteiger charge is 2.27. The lowest BCUT2D eigenvalue weighted by molar-refractivity contribution is 0.0911. The maximum atomic E-state index is 13.4. The van der Waals surface area contributed by atoms with Crippen molar-refractivity contribution >= 4 is 16.9 Å². The number of halogens is 2. The largest absolute Gasteiger partial charge is 0.506 e. The van der Waals surface area contributed by atoms with Gasteiger partial charge < -0.3 is 15.3 Å². The Bertz CT molecular complexity index is 996. The molecule has 1 aliphatic heterocycles. The van der Waals surface area contributed by atoms with Crippen LogP contribution in [0.5, 0.6) is 5.75 Å². The SMILES string of the molecule is O=C(NC1CCC(F)CC1)c1c(O)c2cccnc2n(CCN2CCC(F)CC2)c1=O. The van der Waals surface area contributed by atoms with E-state index in [1.165, 1.54) is 10.8 Å². The van der Waals surface area contributed by atoms with Crippen LogP contribution in [0, 0.1) is 0 Å². The lowest BCUT2D eigenvalue weighted by Crippen LogP contribution is -2.42. The van der Waals surface area contributed by atoms with Crippen LogP contribution >= 0.6 is 0 Å². The molecule has 1 saturated carbocycles. The zero-order valence-corrected chi connectivity index (χ0v) is 17.4. The fourth-order valence-electron chi connectivity index (χ4n) is 4.50. The van der Waals surface area contributed by atoms with Gasteiger partial charge in [0.05, 0.1) is 5.39 Å². The second-order valence-electron chi connectivity index (χ2n) is 8.49. The minimum Gasteiger partial charge on any atom is -0.506 e. The summed E-state index contributed by atoms with van der Waals surface area (Å²) in [4.78, 5) is 32.5. The second kappa shape index (κ2) is 9.30. The third-order valence-corrected chi connectivity index (χ3v) is 6.37. The third-order valence-electron chi connectivity index (χ3n) is 6.37. The number of carbonyl (C=O) groups is 1. The molecule has 7 nitrogen and oxygen atoms in total. The lowest BCUT2D eigenvalue weighted by atomic mass is 9.94. The normalized spacial score (nSPS) is 23.2. The van der Waals surface area contributed by atoms with Crippen LogP contribution in [0.25, 0.3) is 11.0 Å². The highest BCUT2D eigenvalue weighted by atomic mass is 19.1. The molecule has 31 heavy (non-hydrogen) atoms. The minimum absolute atomic E-state index is 0.224. The van der Waals surface area contributed by atoms with Crippen LogP contribution < -0.4 is 10.9 Å². The van der Waals surface area contributed by atoms with Gasteiger partial charge in [-0.1, -0.05) is 0 Å². The van der Waals surface area contributed by atoms with Crippen LogP contribution in [0.3, 0.4) is 0 Å². The third kappa shape index (κ3) is 4.71. The number of piperidine rings is 1. The van der Waals surface area contributed by atoms with Gasteiger partial charge in [0.2, 0.25) is 0 Å². The van der Waals surface area contributed by atoms with Crippen molar-refractivity contribution in [2.75, 3.05) is 19.6 Å². The van der Waals surface area contributed by atoms with Gasteiger partial charge in [-0.25, -0.2) is 13.8 Å². The molecule has 2 aromatic rings. The first-order valence-corrected chi connectivity index (χ1v) is 11.0. The summed E-state index contributed by atoms with van der Waals surface area (Å²) < 4.78 is 28.2. The van der Waals surface area contributed by atoms with Crippen molar-refractivity contribution in [1.82, 2.24) is 19.8 Å². The summed E-state index contributed by atoms with van der Waals surface area (Å²) in [6, 6.07) is 3.03. The Morgan fingerprint density at radius 1 is 1.10 bits per heavy atom. The molecule has 1 amide bonds. The van der Waals surface area contributed by atoms with Crippen molar-refractivity contribution < 1.29 is 18.7 Å². The van der Waals surface area contributed by atoms with E-state index in [0.29, 0.717) is 69.2 Å². The zero-order valence-electron chi connectivity index (χ0n) is 17.4. The first-order chi connectivity index (χ1) is 14.9. The maximum absolute atomic E-state index is 13.4. The van der Waals surface area contributed by atoms with E-state index < -0.39 is 23.8 Å². The minimum atomic E-state index is -0.854. The molecule has 0 atom stereocenters. The summed E-state index contributed by atoms with van der Waals surface area (Å²) >= 11 is 0. The average Bonchev–Trinajstić information content (AvgIpc) is 2.76. The van der Waals surface area contributed by atoms with Crippen molar-refractivity contribution in [3.63, 3.8) is 0 Å².